The molecule has 2 aliphatic carbocycles. The van der Waals surface area contributed by atoms with Gasteiger partial charge in [0, 0.05) is 0 Å². The van der Waals surface area contributed by atoms with Gasteiger partial charge in [0.15, 0.2) is 0 Å². The predicted molar refractivity (Wildman–Crippen MR) is 61.3 cm³/mol. The van der Waals surface area contributed by atoms with E-state index in [1.54, 1.807) is 0 Å². The van der Waals surface area contributed by atoms with Crippen molar-refractivity contribution in [2.45, 2.75) is 51.9 Å². The SMILES string of the molecule is CCNCC1CCCC1C1CCCC1. The van der Waals surface area contributed by atoms with Crippen molar-refractivity contribution >= 4 is 0 Å². The Morgan fingerprint density at radius 2 is 1.79 bits per heavy atom. The van der Waals surface area contributed by atoms with E-state index in [1.165, 1.54) is 51.5 Å². The van der Waals surface area contributed by atoms with Crippen LogP contribution in [0, 0.1) is 17.8 Å². The van der Waals surface area contributed by atoms with Gasteiger partial charge in [-0.2, -0.15) is 0 Å². The van der Waals surface area contributed by atoms with E-state index in [2.05, 4.69) is 12.2 Å². The van der Waals surface area contributed by atoms with Gasteiger partial charge >= 0.3 is 0 Å². The van der Waals surface area contributed by atoms with E-state index in [0.717, 1.165) is 24.3 Å². The molecule has 1 heteroatoms. The van der Waals surface area contributed by atoms with E-state index in [4.69, 9.17) is 0 Å². The molecule has 2 atom stereocenters. The van der Waals surface area contributed by atoms with E-state index in [1.807, 2.05) is 0 Å². The van der Waals surface area contributed by atoms with Crippen LogP contribution in [-0.4, -0.2) is 13.1 Å². The Bertz CT molecular complexity index is 161. The van der Waals surface area contributed by atoms with Gasteiger partial charge in [-0.15, -0.1) is 0 Å². The number of hydrogen-bond acceptors (Lipinski definition) is 1. The van der Waals surface area contributed by atoms with Crippen molar-refractivity contribution in [1.82, 2.24) is 5.32 Å². The highest BCUT2D eigenvalue weighted by atomic mass is 14.8. The molecule has 0 aromatic carbocycles. The summed E-state index contributed by atoms with van der Waals surface area (Å²) in [6.07, 6.45) is 10.6. The second-order valence-corrected chi connectivity index (χ2v) is 5.21. The fourth-order valence-electron chi connectivity index (χ4n) is 3.65. The Hall–Kier alpha value is -0.0400. The minimum Gasteiger partial charge on any atom is -0.317 e. The summed E-state index contributed by atoms with van der Waals surface area (Å²) in [6, 6.07) is 0. The van der Waals surface area contributed by atoms with Crippen molar-refractivity contribution in [1.29, 1.82) is 0 Å². The van der Waals surface area contributed by atoms with Gasteiger partial charge < -0.3 is 5.32 Å². The molecule has 0 heterocycles. The molecule has 0 bridgehead atoms. The average Bonchev–Trinajstić information content (AvgIpc) is 2.84. The summed E-state index contributed by atoms with van der Waals surface area (Å²) in [5, 5.41) is 3.54. The number of nitrogens with one attached hydrogen (secondary N) is 1. The molecule has 1 N–H and O–H groups in total. The maximum absolute atomic E-state index is 3.54. The lowest BCUT2D eigenvalue weighted by atomic mass is 9.83. The highest BCUT2D eigenvalue weighted by Crippen LogP contribution is 2.43. The molecule has 2 fully saturated rings. The molecule has 82 valence electrons. The fraction of sp³-hybridized carbons (Fsp3) is 1.00. The maximum atomic E-state index is 3.54. The van der Waals surface area contributed by atoms with Gasteiger partial charge in [0.2, 0.25) is 0 Å². The Balaban J connectivity index is 1.82. The first-order chi connectivity index (χ1) is 6.92. The molecule has 2 unspecified atom stereocenters. The second kappa shape index (κ2) is 5.16. The van der Waals surface area contributed by atoms with E-state index in [0.29, 0.717) is 0 Å². The highest BCUT2D eigenvalue weighted by molar-refractivity contribution is 4.86. The second-order valence-electron chi connectivity index (χ2n) is 5.21. The predicted octanol–water partition coefficient (Wildman–Crippen LogP) is 3.20. The zero-order valence-electron chi connectivity index (χ0n) is 9.60. The maximum Gasteiger partial charge on any atom is -0.00179 e. The Kier molecular flexibility index (Phi) is 3.86. The molecule has 0 saturated heterocycles. The normalized spacial score (nSPS) is 34.1. The van der Waals surface area contributed by atoms with Crippen LogP contribution < -0.4 is 5.32 Å². The topological polar surface area (TPSA) is 12.0 Å². The number of rotatable bonds is 4. The third-order valence-corrected chi connectivity index (χ3v) is 4.38. The van der Waals surface area contributed by atoms with Crippen LogP contribution in [0.1, 0.15) is 51.9 Å². The molecule has 0 aromatic heterocycles. The summed E-state index contributed by atoms with van der Waals surface area (Å²) in [5.41, 5.74) is 0. The van der Waals surface area contributed by atoms with Crippen LogP contribution in [0.5, 0.6) is 0 Å². The molecule has 14 heavy (non-hydrogen) atoms. The third-order valence-electron chi connectivity index (χ3n) is 4.38. The summed E-state index contributed by atoms with van der Waals surface area (Å²) in [7, 11) is 0. The third kappa shape index (κ3) is 2.31. The Labute approximate surface area is 88.7 Å². The van der Waals surface area contributed by atoms with Crippen LogP contribution in [0.25, 0.3) is 0 Å². The smallest absolute Gasteiger partial charge is 0.00179 e. The summed E-state index contributed by atoms with van der Waals surface area (Å²) in [4.78, 5) is 0. The van der Waals surface area contributed by atoms with Crippen molar-refractivity contribution in [2.75, 3.05) is 13.1 Å². The summed E-state index contributed by atoms with van der Waals surface area (Å²) in [5.74, 6) is 3.19. The molecule has 1 nitrogen and oxygen atoms in total. The first-order valence-corrected chi connectivity index (χ1v) is 6.62. The van der Waals surface area contributed by atoms with Crippen LogP contribution in [0.4, 0.5) is 0 Å². The van der Waals surface area contributed by atoms with Gasteiger partial charge in [-0.25, -0.2) is 0 Å². The molecule has 0 aliphatic heterocycles. The molecule has 2 aliphatic rings. The van der Waals surface area contributed by atoms with Crippen LogP contribution in [-0.2, 0) is 0 Å². The van der Waals surface area contributed by atoms with E-state index >= 15 is 0 Å². The Morgan fingerprint density at radius 1 is 1.00 bits per heavy atom. The molecule has 0 aromatic rings. The molecule has 2 saturated carbocycles. The zero-order valence-corrected chi connectivity index (χ0v) is 9.60. The van der Waals surface area contributed by atoms with Gasteiger partial charge in [-0.1, -0.05) is 39.0 Å². The molecular formula is C13H25N. The summed E-state index contributed by atoms with van der Waals surface area (Å²) < 4.78 is 0. The largest absolute Gasteiger partial charge is 0.317 e. The van der Waals surface area contributed by atoms with Crippen molar-refractivity contribution in [2.24, 2.45) is 17.8 Å². The zero-order chi connectivity index (χ0) is 9.80. The van der Waals surface area contributed by atoms with Gasteiger partial charge in [-0.3, -0.25) is 0 Å². The fourth-order valence-corrected chi connectivity index (χ4v) is 3.65. The average molecular weight is 195 g/mol. The molecule has 0 amide bonds. The van der Waals surface area contributed by atoms with Crippen molar-refractivity contribution < 1.29 is 0 Å². The van der Waals surface area contributed by atoms with E-state index < -0.39 is 0 Å². The van der Waals surface area contributed by atoms with Gasteiger partial charge in [0.05, 0.1) is 0 Å². The minimum atomic E-state index is 1.01. The minimum absolute atomic E-state index is 1.01. The lowest BCUT2D eigenvalue weighted by Crippen LogP contribution is -2.28. The molecule has 0 spiro atoms. The summed E-state index contributed by atoms with van der Waals surface area (Å²) >= 11 is 0. The lowest BCUT2D eigenvalue weighted by Gasteiger charge is -2.25. The van der Waals surface area contributed by atoms with E-state index in [9.17, 15) is 0 Å². The van der Waals surface area contributed by atoms with Crippen LogP contribution in [0.2, 0.25) is 0 Å². The van der Waals surface area contributed by atoms with E-state index in [-0.39, 0.29) is 0 Å². The monoisotopic (exact) mass is 195 g/mol. The molecule has 2 rings (SSSR count). The lowest BCUT2D eigenvalue weighted by molar-refractivity contribution is 0.259. The van der Waals surface area contributed by atoms with Crippen molar-refractivity contribution in [3.05, 3.63) is 0 Å². The van der Waals surface area contributed by atoms with Crippen LogP contribution >= 0.6 is 0 Å². The standard InChI is InChI=1S/C13H25N/c1-2-14-10-12-8-5-9-13(12)11-6-3-4-7-11/h11-14H,2-10H2,1H3. The molecular weight excluding hydrogens is 170 g/mol. The van der Waals surface area contributed by atoms with Gasteiger partial charge in [-0.05, 0) is 43.7 Å². The highest BCUT2D eigenvalue weighted by Gasteiger charge is 2.34. The van der Waals surface area contributed by atoms with Crippen molar-refractivity contribution in [3.8, 4) is 0 Å². The van der Waals surface area contributed by atoms with Gasteiger partial charge in [0.1, 0.15) is 0 Å². The van der Waals surface area contributed by atoms with Crippen molar-refractivity contribution in [3.63, 3.8) is 0 Å². The van der Waals surface area contributed by atoms with Crippen LogP contribution in [0.15, 0.2) is 0 Å². The number of hydrogen-bond donors (Lipinski definition) is 1. The summed E-state index contributed by atoms with van der Waals surface area (Å²) in [6.45, 7) is 4.66. The van der Waals surface area contributed by atoms with Crippen LogP contribution in [0.3, 0.4) is 0 Å². The van der Waals surface area contributed by atoms with Gasteiger partial charge in [0.25, 0.3) is 0 Å². The first kappa shape index (κ1) is 10.5. The quantitative estimate of drug-likeness (QED) is 0.726. The first-order valence-electron chi connectivity index (χ1n) is 6.62. The Morgan fingerprint density at radius 3 is 2.50 bits per heavy atom. The molecule has 0 radical (unpaired) electrons.